The molecule has 0 radical (unpaired) electrons. The average Bonchev–Trinajstić information content (AvgIpc) is 2.43. The number of nitrogens with zero attached hydrogens (tertiary/aromatic N) is 1. The van der Waals surface area contributed by atoms with Gasteiger partial charge in [-0.05, 0) is 50.2 Å². The first kappa shape index (κ1) is 13.8. The van der Waals surface area contributed by atoms with E-state index in [1.54, 1.807) is 0 Å². The number of hydrogen-bond donors (Lipinski definition) is 1. The number of ether oxygens (including phenoxy) is 1. The number of benzene rings is 1. The molecule has 2 rings (SSSR count). The number of amides is 1. The molecule has 0 spiro atoms. The van der Waals surface area contributed by atoms with Crippen LogP contribution < -0.4 is 5.32 Å². The summed E-state index contributed by atoms with van der Waals surface area (Å²) in [7, 11) is 0. The van der Waals surface area contributed by atoms with Crippen molar-refractivity contribution in [3.63, 3.8) is 0 Å². The van der Waals surface area contributed by atoms with Crippen LogP contribution in [0.2, 0.25) is 0 Å². The largest absolute Gasteiger partial charge is 0.448 e. The number of piperidine rings is 1. The second kappa shape index (κ2) is 7.09. The summed E-state index contributed by atoms with van der Waals surface area (Å²) < 4.78 is 17.8. The number of halogens is 1. The molecule has 0 aliphatic carbocycles. The molecule has 1 aliphatic rings. The molecule has 0 aromatic heterocycles. The summed E-state index contributed by atoms with van der Waals surface area (Å²) >= 11 is 0. The Morgan fingerprint density at radius 3 is 2.58 bits per heavy atom. The van der Waals surface area contributed by atoms with Gasteiger partial charge in [-0.3, -0.25) is 10.2 Å². The van der Waals surface area contributed by atoms with E-state index in [0.717, 1.165) is 19.6 Å². The topological polar surface area (TPSA) is 41.6 Å². The summed E-state index contributed by atoms with van der Waals surface area (Å²) in [5.41, 5.74) is 0.532. The van der Waals surface area contributed by atoms with Gasteiger partial charge in [-0.15, -0.1) is 0 Å². The fourth-order valence-electron chi connectivity index (χ4n) is 2.14. The second-order valence-corrected chi connectivity index (χ2v) is 4.67. The fourth-order valence-corrected chi connectivity index (χ4v) is 2.14. The van der Waals surface area contributed by atoms with Gasteiger partial charge in [0.2, 0.25) is 0 Å². The van der Waals surface area contributed by atoms with E-state index in [9.17, 15) is 9.18 Å². The van der Waals surface area contributed by atoms with E-state index in [4.69, 9.17) is 4.74 Å². The minimum absolute atomic E-state index is 0.330. The van der Waals surface area contributed by atoms with Crippen LogP contribution in [0.25, 0.3) is 0 Å². The van der Waals surface area contributed by atoms with Crippen LogP contribution in [0.15, 0.2) is 24.3 Å². The van der Waals surface area contributed by atoms with Crippen molar-refractivity contribution in [1.82, 2.24) is 4.90 Å². The lowest BCUT2D eigenvalue weighted by Crippen LogP contribution is -2.33. The van der Waals surface area contributed by atoms with Crippen molar-refractivity contribution in [1.29, 1.82) is 0 Å². The van der Waals surface area contributed by atoms with Crippen LogP contribution in [0.5, 0.6) is 0 Å². The third-order valence-corrected chi connectivity index (χ3v) is 3.18. The van der Waals surface area contributed by atoms with Gasteiger partial charge in [-0.1, -0.05) is 6.42 Å². The summed E-state index contributed by atoms with van der Waals surface area (Å²) in [5.74, 6) is -0.330. The number of carbonyl (C=O) groups excluding carboxylic acids is 1. The van der Waals surface area contributed by atoms with E-state index in [0.29, 0.717) is 12.3 Å². The van der Waals surface area contributed by atoms with Gasteiger partial charge < -0.3 is 4.74 Å². The number of anilines is 1. The van der Waals surface area contributed by atoms with Crippen LogP contribution >= 0.6 is 0 Å². The van der Waals surface area contributed by atoms with Gasteiger partial charge in [0.15, 0.2) is 0 Å². The van der Waals surface area contributed by atoms with Crippen LogP contribution in [-0.4, -0.2) is 37.2 Å². The molecule has 1 aromatic rings. The minimum Gasteiger partial charge on any atom is -0.448 e. The molecular formula is C14H19FN2O2. The van der Waals surface area contributed by atoms with Gasteiger partial charge in [0.25, 0.3) is 0 Å². The van der Waals surface area contributed by atoms with Crippen molar-refractivity contribution in [2.75, 3.05) is 31.6 Å². The van der Waals surface area contributed by atoms with Crippen LogP contribution in [0.1, 0.15) is 19.3 Å². The first-order valence-corrected chi connectivity index (χ1v) is 6.66. The molecule has 1 saturated heterocycles. The molecule has 0 saturated carbocycles. The smallest absolute Gasteiger partial charge is 0.411 e. The zero-order chi connectivity index (χ0) is 13.5. The molecule has 0 atom stereocenters. The van der Waals surface area contributed by atoms with Gasteiger partial charge in [0.1, 0.15) is 12.4 Å². The first-order chi connectivity index (χ1) is 9.24. The van der Waals surface area contributed by atoms with Crippen LogP contribution in [-0.2, 0) is 4.74 Å². The monoisotopic (exact) mass is 266 g/mol. The molecule has 19 heavy (non-hydrogen) atoms. The molecule has 1 amide bonds. The highest BCUT2D eigenvalue weighted by Gasteiger charge is 2.10. The maximum Gasteiger partial charge on any atom is 0.411 e. The Hall–Kier alpha value is -1.62. The fraction of sp³-hybridized carbons (Fsp3) is 0.500. The van der Waals surface area contributed by atoms with Crippen molar-refractivity contribution in [2.24, 2.45) is 0 Å². The van der Waals surface area contributed by atoms with E-state index in [1.807, 2.05) is 0 Å². The number of nitrogens with one attached hydrogen (secondary N) is 1. The maximum absolute atomic E-state index is 12.7. The lowest BCUT2D eigenvalue weighted by molar-refractivity contribution is 0.131. The quantitative estimate of drug-likeness (QED) is 0.911. The Bertz CT molecular complexity index is 402. The first-order valence-electron chi connectivity index (χ1n) is 6.66. The number of carbonyl (C=O) groups is 1. The second-order valence-electron chi connectivity index (χ2n) is 4.67. The Labute approximate surface area is 112 Å². The van der Waals surface area contributed by atoms with Crippen molar-refractivity contribution < 1.29 is 13.9 Å². The van der Waals surface area contributed by atoms with Crippen LogP contribution in [0, 0.1) is 5.82 Å². The van der Waals surface area contributed by atoms with Crippen molar-refractivity contribution in [2.45, 2.75) is 19.3 Å². The highest BCUT2D eigenvalue weighted by atomic mass is 19.1. The van der Waals surface area contributed by atoms with Crippen molar-refractivity contribution >= 4 is 11.8 Å². The zero-order valence-corrected chi connectivity index (χ0v) is 10.9. The number of likely N-dealkylation sites (tertiary alicyclic amines) is 1. The predicted octanol–water partition coefficient (Wildman–Crippen LogP) is 2.86. The summed E-state index contributed by atoms with van der Waals surface area (Å²) in [5, 5.41) is 2.56. The molecule has 0 bridgehead atoms. The Kier molecular flexibility index (Phi) is 5.15. The van der Waals surface area contributed by atoms with Gasteiger partial charge in [0.05, 0.1) is 0 Å². The normalized spacial score (nSPS) is 16.1. The van der Waals surface area contributed by atoms with E-state index in [2.05, 4.69) is 10.2 Å². The summed E-state index contributed by atoms with van der Waals surface area (Å²) in [4.78, 5) is 13.8. The third-order valence-electron chi connectivity index (χ3n) is 3.18. The van der Waals surface area contributed by atoms with Gasteiger partial charge in [0, 0.05) is 12.2 Å². The van der Waals surface area contributed by atoms with E-state index in [1.165, 1.54) is 43.5 Å². The molecule has 1 heterocycles. The zero-order valence-electron chi connectivity index (χ0n) is 10.9. The predicted molar refractivity (Wildman–Crippen MR) is 71.7 cm³/mol. The molecule has 104 valence electrons. The molecule has 1 fully saturated rings. The van der Waals surface area contributed by atoms with Crippen LogP contribution in [0.3, 0.4) is 0 Å². The van der Waals surface area contributed by atoms with E-state index in [-0.39, 0.29) is 5.82 Å². The molecular weight excluding hydrogens is 247 g/mol. The highest BCUT2D eigenvalue weighted by molar-refractivity contribution is 5.84. The van der Waals surface area contributed by atoms with Gasteiger partial charge in [-0.25, -0.2) is 9.18 Å². The summed E-state index contributed by atoms with van der Waals surface area (Å²) in [6, 6.07) is 5.59. The molecule has 5 heteroatoms. The lowest BCUT2D eigenvalue weighted by Gasteiger charge is -2.25. The highest BCUT2D eigenvalue weighted by Crippen LogP contribution is 2.09. The van der Waals surface area contributed by atoms with Crippen molar-refractivity contribution in [3.05, 3.63) is 30.1 Å². The van der Waals surface area contributed by atoms with E-state index < -0.39 is 6.09 Å². The van der Waals surface area contributed by atoms with Gasteiger partial charge in [-0.2, -0.15) is 0 Å². The van der Waals surface area contributed by atoms with Crippen molar-refractivity contribution in [3.8, 4) is 0 Å². The summed E-state index contributed by atoms with van der Waals surface area (Å²) in [6.07, 6.45) is 3.25. The molecule has 0 unspecified atom stereocenters. The average molecular weight is 266 g/mol. The maximum atomic E-state index is 12.7. The summed E-state index contributed by atoms with van der Waals surface area (Å²) in [6.45, 7) is 3.33. The molecule has 1 aromatic carbocycles. The Morgan fingerprint density at radius 1 is 1.21 bits per heavy atom. The molecule has 4 nitrogen and oxygen atoms in total. The minimum atomic E-state index is -0.497. The molecule has 1 N–H and O–H groups in total. The van der Waals surface area contributed by atoms with Gasteiger partial charge >= 0.3 is 6.09 Å². The third kappa shape index (κ3) is 4.87. The lowest BCUT2D eigenvalue weighted by atomic mass is 10.1. The number of rotatable bonds is 4. The number of hydrogen-bond acceptors (Lipinski definition) is 3. The Morgan fingerprint density at radius 2 is 1.89 bits per heavy atom. The van der Waals surface area contributed by atoms with Crippen LogP contribution in [0.4, 0.5) is 14.9 Å². The SMILES string of the molecule is O=C(Nc1ccc(F)cc1)OCCN1CCCCC1. The standard InChI is InChI=1S/C14H19FN2O2/c15-12-4-6-13(7-5-12)16-14(18)19-11-10-17-8-2-1-3-9-17/h4-7H,1-3,8-11H2,(H,16,18). The molecule has 1 aliphatic heterocycles. The Balaban J connectivity index is 1.65. The van der Waals surface area contributed by atoms with E-state index >= 15 is 0 Å².